The van der Waals surface area contributed by atoms with E-state index in [1.54, 1.807) is 0 Å². The Morgan fingerprint density at radius 2 is 2.08 bits per heavy atom. The van der Waals surface area contributed by atoms with E-state index in [4.69, 9.17) is 0 Å². The first-order chi connectivity index (χ1) is 11.2. The van der Waals surface area contributed by atoms with Crippen molar-refractivity contribution in [2.75, 3.05) is 5.32 Å². The molecule has 0 aromatic carbocycles. The first kappa shape index (κ1) is 18.5. The van der Waals surface area contributed by atoms with Crippen LogP contribution >= 0.6 is 11.3 Å². The number of hydrogen-bond acceptors (Lipinski definition) is 5. The van der Waals surface area contributed by atoms with Crippen LogP contribution in [0, 0.1) is 22.7 Å². The molecule has 1 heterocycles. The van der Waals surface area contributed by atoms with Crippen LogP contribution in [0.1, 0.15) is 62.5 Å². The number of rotatable bonds is 5. The highest BCUT2D eigenvalue weighted by Crippen LogP contribution is 2.43. The number of nitrogens with zero attached hydrogens (tertiary/aromatic N) is 1. The lowest BCUT2D eigenvalue weighted by molar-refractivity contribution is -0.305. The van der Waals surface area contributed by atoms with Crippen LogP contribution in [0.3, 0.4) is 0 Å². The van der Waals surface area contributed by atoms with Gasteiger partial charge in [0, 0.05) is 17.3 Å². The third-order valence-electron chi connectivity index (χ3n) is 4.64. The van der Waals surface area contributed by atoms with Gasteiger partial charge in [0.2, 0.25) is 5.91 Å². The summed E-state index contributed by atoms with van der Waals surface area (Å²) in [7, 11) is 0. The number of thiophene rings is 1. The van der Waals surface area contributed by atoms with E-state index >= 15 is 0 Å². The zero-order valence-electron chi connectivity index (χ0n) is 14.4. The van der Waals surface area contributed by atoms with Gasteiger partial charge in [0.25, 0.3) is 0 Å². The van der Waals surface area contributed by atoms with E-state index < -0.39 is 5.97 Å². The molecule has 130 valence electrons. The molecule has 1 aromatic rings. The smallest absolute Gasteiger partial charge is 0.225 e. The maximum absolute atomic E-state index is 12.0. The largest absolute Gasteiger partial charge is 0.550 e. The van der Waals surface area contributed by atoms with Crippen molar-refractivity contribution >= 4 is 28.2 Å². The van der Waals surface area contributed by atoms with Crippen molar-refractivity contribution in [3.63, 3.8) is 0 Å². The van der Waals surface area contributed by atoms with Crippen molar-refractivity contribution in [2.45, 2.75) is 59.3 Å². The summed E-state index contributed by atoms with van der Waals surface area (Å²) < 4.78 is 0. The van der Waals surface area contributed by atoms with E-state index in [-0.39, 0.29) is 30.6 Å². The Morgan fingerprint density at radius 1 is 1.38 bits per heavy atom. The van der Waals surface area contributed by atoms with Gasteiger partial charge in [-0.15, -0.1) is 11.3 Å². The highest BCUT2D eigenvalue weighted by Gasteiger charge is 2.32. The van der Waals surface area contributed by atoms with Crippen LogP contribution in [0.5, 0.6) is 0 Å². The molecule has 0 fully saturated rings. The van der Waals surface area contributed by atoms with Crippen molar-refractivity contribution in [3.05, 3.63) is 16.0 Å². The summed E-state index contributed by atoms with van der Waals surface area (Å²) in [5.41, 5.74) is 1.88. The standard InChI is InChI=1S/C18H24N2O3S/c1-18(2,3)11-7-8-12-13(10-19)17(24-14(12)9-11)20-15(21)5-4-6-16(22)23/h11H,4-9H2,1-3H3,(H,20,21)(H,22,23)/p-1. The van der Waals surface area contributed by atoms with Crippen molar-refractivity contribution in [1.82, 2.24) is 0 Å². The number of aliphatic carboxylic acids is 1. The van der Waals surface area contributed by atoms with Gasteiger partial charge in [-0.3, -0.25) is 4.79 Å². The predicted octanol–water partition coefficient (Wildman–Crippen LogP) is 2.63. The van der Waals surface area contributed by atoms with E-state index in [2.05, 4.69) is 32.2 Å². The van der Waals surface area contributed by atoms with E-state index in [9.17, 15) is 20.0 Å². The van der Waals surface area contributed by atoms with Gasteiger partial charge in [0.05, 0.1) is 5.56 Å². The fourth-order valence-corrected chi connectivity index (χ4v) is 4.41. The van der Waals surface area contributed by atoms with Crippen LogP contribution < -0.4 is 10.4 Å². The minimum Gasteiger partial charge on any atom is -0.550 e. The molecule has 6 heteroatoms. The molecule has 1 aromatic heterocycles. The van der Waals surface area contributed by atoms with Crippen molar-refractivity contribution in [1.29, 1.82) is 5.26 Å². The third kappa shape index (κ3) is 4.35. The fraction of sp³-hybridized carbons (Fsp3) is 0.611. The lowest BCUT2D eigenvalue weighted by Gasteiger charge is -2.33. The molecule has 5 nitrogen and oxygen atoms in total. The van der Waals surface area contributed by atoms with Gasteiger partial charge in [-0.2, -0.15) is 5.26 Å². The van der Waals surface area contributed by atoms with Crippen LogP contribution in [0.25, 0.3) is 0 Å². The van der Waals surface area contributed by atoms with Gasteiger partial charge in [-0.1, -0.05) is 20.8 Å². The molecule has 0 aliphatic heterocycles. The van der Waals surface area contributed by atoms with Crippen LogP contribution in [0.4, 0.5) is 5.00 Å². The van der Waals surface area contributed by atoms with Crippen LogP contribution in [0.2, 0.25) is 0 Å². The lowest BCUT2D eigenvalue weighted by atomic mass is 9.72. The summed E-state index contributed by atoms with van der Waals surface area (Å²) in [5, 5.41) is 23.3. The highest BCUT2D eigenvalue weighted by molar-refractivity contribution is 7.16. The van der Waals surface area contributed by atoms with Gasteiger partial charge < -0.3 is 15.2 Å². The van der Waals surface area contributed by atoms with Crippen molar-refractivity contribution in [2.24, 2.45) is 11.3 Å². The zero-order chi connectivity index (χ0) is 17.9. The minimum absolute atomic E-state index is 0.117. The Balaban J connectivity index is 2.10. The number of carboxylic acids is 1. The highest BCUT2D eigenvalue weighted by atomic mass is 32.1. The van der Waals surface area contributed by atoms with E-state index in [0.717, 1.165) is 24.8 Å². The third-order valence-corrected chi connectivity index (χ3v) is 5.81. The topological polar surface area (TPSA) is 93.0 Å². The zero-order valence-corrected chi connectivity index (χ0v) is 15.2. The van der Waals surface area contributed by atoms with Crippen LogP contribution in [-0.4, -0.2) is 11.9 Å². The molecule has 1 amide bonds. The minimum atomic E-state index is -1.15. The predicted molar refractivity (Wildman–Crippen MR) is 91.5 cm³/mol. The number of carbonyl (C=O) groups is 2. The summed E-state index contributed by atoms with van der Waals surface area (Å²) in [6.07, 6.45) is 3.10. The Kier molecular flexibility index (Phi) is 5.66. The molecule has 0 bridgehead atoms. The van der Waals surface area contributed by atoms with E-state index in [1.807, 2.05) is 0 Å². The Hall–Kier alpha value is -1.87. The molecule has 1 atom stereocenters. The molecule has 1 aliphatic carbocycles. The number of carboxylic acid groups (broad SMARTS) is 1. The summed E-state index contributed by atoms with van der Waals surface area (Å²) in [4.78, 5) is 23.6. The Bertz CT molecular complexity index is 680. The van der Waals surface area contributed by atoms with Gasteiger partial charge in [-0.05, 0) is 49.0 Å². The van der Waals surface area contributed by atoms with Crippen LogP contribution in [0.15, 0.2) is 0 Å². The number of hydrogen-bond donors (Lipinski definition) is 1. The maximum atomic E-state index is 12.0. The second kappa shape index (κ2) is 7.35. The van der Waals surface area contributed by atoms with Crippen LogP contribution in [-0.2, 0) is 22.4 Å². The van der Waals surface area contributed by atoms with E-state index in [0.29, 0.717) is 16.5 Å². The van der Waals surface area contributed by atoms with Crippen molar-refractivity contribution in [3.8, 4) is 6.07 Å². The normalized spacial score (nSPS) is 17.0. The molecule has 0 saturated heterocycles. The van der Waals surface area contributed by atoms with Gasteiger partial charge in [0.1, 0.15) is 11.1 Å². The monoisotopic (exact) mass is 347 g/mol. The maximum Gasteiger partial charge on any atom is 0.225 e. The SMILES string of the molecule is CC(C)(C)C1CCc2c(sc(NC(=O)CCCC(=O)[O-])c2C#N)C1. The number of carbonyl (C=O) groups excluding carboxylic acids is 2. The summed E-state index contributed by atoms with van der Waals surface area (Å²) >= 11 is 1.49. The molecule has 1 aliphatic rings. The number of amides is 1. The fourth-order valence-electron chi connectivity index (χ4n) is 3.11. The molecular formula is C18H23N2O3S-. The first-order valence-electron chi connectivity index (χ1n) is 8.26. The van der Waals surface area contributed by atoms with E-state index in [1.165, 1.54) is 16.2 Å². The van der Waals surface area contributed by atoms with Gasteiger partial charge in [0.15, 0.2) is 0 Å². The number of anilines is 1. The summed E-state index contributed by atoms with van der Waals surface area (Å²) in [6.45, 7) is 6.71. The quantitative estimate of drug-likeness (QED) is 0.886. The second-order valence-corrected chi connectivity index (χ2v) is 8.50. The van der Waals surface area contributed by atoms with Gasteiger partial charge in [-0.25, -0.2) is 0 Å². The molecule has 24 heavy (non-hydrogen) atoms. The molecule has 0 radical (unpaired) electrons. The number of nitriles is 1. The average molecular weight is 347 g/mol. The lowest BCUT2D eigenvalue weighted by Crippen LogP contribution is -2.26. The summed E-state index contributed by atoms with van der Waals surface area (Å²) in [5.74, 6) is -0.833. The van der Waals surface area contributed by atoms with Crippen molar-refractivity contribution < 1.29 is 14.7 Å². The molecule has 2 rings (SSSR count). The second-order valence-electron chi connectivity index (χ2n) is 7.40. The molecule has 0 spiro atoms. The van der Waals surface area contributed by atoms with Gasteiger partial charge >= 0.3 is 0 Å². The average Bonchev–Trinajstić information content (AvgIpc) is 2.81. The Labute approximate surface area is 146 Å². The Morgan fingerprint density at radius 3 is 2.67 bits per heavy atom. The molecule has 1 N–H and O–H groups in total. The number of nitrogens with one attached hydrogen (secondary N) is 1. The molecule has 1 unspecified atom stereocenters. The molecule has 0 saturated carbocycles. The molecular weight excluding hydrogens is 324 g/mol. The first-order valence-corrected chi connectivity index (χ1v) is 9.08. The number of fused-ring (bicyclic) bond motifs is 1. The summed E-state index contributed by atoms with van der Waals surface area (Å²) in [6, 6.07) is 2.23.